The van der Waals surface area contributed by atoms with Crippen molar-refractivity contribution in [2.24, 2.45) is 17.4 Å². The van der Waals surface area contributed by atoms with Crippen molar-refractivity contribution in [2.45, 2.75) is 38.5 Å². The number of aromatic nitrogens is 1. The van der Waals surface area contributed by atoms with Crippen LogP contribution in [0.2, 0.25) is 0 Å². The van der Waals surface area contributed by atoms with E-state index in [1.807, 2.05) is 0 Å². The number of piperazine rings is 1. The minimum Gasteiger partial charge on any atom is -0.489 e. The molecule has 0 radical (unpaired) electrons. The molecule has 5 N–H and O–H groups in total. The molecule has 1 saturated heterocycles. The summed E-state index contributed by atoms with van der Waals surface area (Å²) < 4.78 is 41.8. The summed E-state index contributed by atoms with van der Waals surface area (Å²) in [6.07, 6.45) is 2.05. The number of halogens is 4. The Balaban J connectivity index is 0.00000228. The Bertz CT molecular complexity index is 1070. The number of amides is 2. The summed E-state index contributed by atoms with van der Waals surface area (Å²) in [4.78, 5) is 30.6. The largest absolute Gasteiger partial charge is 0.489 e. The molecule has 1 aliphatic carbocycles. The van der Waals surface area contributed by atoms with Gasteiger partial charge in [0.05, 0.1) is 12.6 Å². The van der Waals surface area contributed by atoms with Crippen LogP contribution in [0.5, 0.6) is 11.5 Å². The van der Waals surface area contributed by atoms with E-state index in [-0.39, 0.29) is 60.2 Å². The molecule has 2 aliphatic rings. The lowest BCUT2D eigenvalue weighted by molar-refractivity contribution is -0.120. The molecule has 0 spiro atoms. The van der Waals surface area contributed by atoms with Gasteiger partial charge in [-0.15, -0.1) is 24.8 Å². The van der Waals surface area contributed by atoms with Crippen LogP contribution in [0.15, 0.2) is 22.6 Å². The van der Waals surface area contributed by atoms with Gasteiger partial charge >= 0.3 is 6.61 Å². The normalized spacial score (nSPS) is 18.1. The quantitative estimate of drug-likeness (QED) is 0.430. The second-order valence-electron chi connectivity index (χ2n) is 8.48. The molecule has 14 heteroatoms. The lowest BCUT2D eigenvalue weighted by Crippen LogP contribution is -2.57. The van der Waals surface area contributed by atoms with Crippen LogP contribution in [0, 0.1) is 5.92 Å². The van der Waals surface area contributed by atoms with Crippen molar-refractivity contribution in [1.29, 1.82) is 0 Å². The van der Waals surface area contributed by atoms with Crippen LogP contribution >= 0.6 is 24.8 Å². The van der Waals surface area contributed by atoms with E-state index in [2.05, 4.69) is 15.0 Å². The number of benzene rings is 1. The van der Waals surface area contributed by atoms with E-state index in [1.165, 1.54) is 23.1 Å². The van der Waals surface area contributed by atoms with Gasteiger partial charge in [-0.1, -0.05) is 0 Å². The molecule has 4 rings (SSSR count). The molecular formula is C22H29Cl2F2N5O5. The Hall–Kier alpha value is -2.67. The molecule has 0 bridgehead atoms. The maximum absolute atomic E-state index is 13.2. The first-order valence-corrected chi connectivity index (χ1v) is 11.0. The first kappa shape index (κ1) is 29.6. The first-order chi connectivity index (χ1) is 16.2. The molecular weight excluding hydrogens is 523 g/mol. The topological polar surface area (TPSA) is 146 Å². The van der Waals surface area contributed by atoms with E-state index in [0.717, 1.165) is 12.8 Å². The van der Waals surface area contributed by atoms with Crippen LogP contribution < -0.4 is 26.3 Å². The summed E-state index contributed by atoms with van der Waals surface area (Å²) in [6.45, 7) is -0.143. The van der Waals surface area contributed by atoms with E-state index in [4.69, 9.17) is 20.6 Å². The van der Waals surface area contributed by atoms with Gasteiger partial charge in [0.15, 0.2) is 23.0 Å². The zero-order valence-electron chi connectivity index (χ0n) is 19.4. The van der Waals surface area contributed by atoms with Crippen LogP contribution in [-0.2, 0) is 4.79 Å². The summed E-state index contributed by atoms with van der Waals surface area (Å²) in [6, 6.07) is 2.99. The maximum Gasteiger partial charge on any atom is 0.387 e. The molecule has 2 fully saturated rings. The first-order valence-electron chi connectivity index (χ1n) is 11.0. The van der Waals surface area contributed by atoms with Crippen molar-refractivity contribution >= 4 is 36.6 Å². The number of ether oxygens (including phenoxy) is 2. The summed E-state index contributed by atoms with van der Waals surface area (Å²) >= 11 is 0. The van der Waals surface area contributed by atoms with Crippen LogP contribution in [0.1, 0.15) is 42.1 Å². The smallest absolute Gasteiger partial charge is 0.387 e. The molecule has 1 aromatic heterocycles. The van der Waals surface area contributed by atoms with Gasteiger partial charge in [-0.3, -0.25) is 9.59 Å². The van der Waals surface area contributed by atoms with Crippen LogP contribution in [0.25, 0.3) is 11.5 Å². The fraction of sp³-hybridized carbons (Fsp3) is 0.500. The molecule has 36 heavy (non-hydrogen) atoms. The zero-order chi connectivity index (χ0) is 24.4. The van der Waals surface area contributed by atoms with E-state index in [0.29, 0.717) is 31.2 Å². The second-order valence-corrected chi connectivity index (χ2v) is 8.48. The minimum absolute atomic E-state index is 0. The van der Waals surface area contributed by atoms with Crippen LogP contribution in [-0.4, -0.2) is 60.6 Å². The molecule has 1 aliphatic heterocycles. The highest BCUT2D eigenvalue weighted by Crippen LogP contribution is 2.37. The molecule has 2 amide bonds. The molecule has 2 heterocycles. The van der Waals surface area contributed by atoms with Gasteiger partial charge in [0.25, 0.3) is 5.91 Å². The molecule has 1 saturated carbocycles. The fourth-order valence-electron chi connectivity index (χ4n) is 3.63. The van der Waals surface area contributed by atoms with Crippen LogP contribution in [0.4, 0.5) is 8.78 Å². The van der Waals surface area contributed by atoms with Crippen molar-refractivity contribution < 1.29 is 32.3 Å². The van der Waals surface area contributed by atoms with E-state index < -0.39 is 30.5 Å². The van der Waals surface area contributed by atoms with Crippen molar-refractivity contribution in [3.8, 4) is 23.0 Å². The van der Waals surface area contributed by atoms with Gasteiger partial charge in [-0.05, 0) is 43.9 Å². The average molecular weight is 552 g/mol. The summed E-state index contributed by atoms with van der Waals surface area (Å²) in [5.74, 6) is -0.340. The highest BCUT2D eigenvalue weighted by atomic mass is 35.5. The Morgan fingerprint density at radius 2 is 2.00 bits per heavy atom. The predicted molar refractivity (Wildman–Crippen MR) is 131 cm³/mol. The van der Waals surface area contributed by atoms with Gasteiger partial charge in [0.2, 0.25) is 11.8 Å². The number of carbonyl (C=O) groups is 2. The third-order valence-corrected chi connectivity index (χ3v) is 5.65. The van der Waals surface area contributed by atoms with Crippen molar-refractivity contribution in [2.75, 3.05) is 26.2 Å². The van der Waals surface area contributed by atoms with Crippen molar-refractivity contribution in [3.63, 3.8) is 0 Å². The Morgan fingerprint density at radius 1 is 1.28 bits per heavy atom. The molecule has 10 nitrogen and oxygen atoms in total. The number of carbonyl (C=O) groups excluding carboxylic acids is 2. The monoisotopic (exact) mass is 551 g/mol. The lowest BCUT2D eigenvalue weighted by atomic mass is 10.1. The minimum atomic E-state index is -3.01. The van der Waals surface area contributed by atoms with Crippen LogP contribution in [0.3, 0.4) is 0 Å². The number of nitrogens with one attached hydrogen (secondary N) is 1. The third-order valence-electron chi connectivity index (χ3n) is 5.65. The maximum atomic E-state index is 13.2. The number of alkyl halides is 2. The van der Waals surface area contributed by atoms with Gasteiger partial charge in [-0.2, -0.15) is 8.78 Å². The predicted octanol–water partition coefficient (Wildman–Crippen LogP) is 2.49. The Morgan fingerprint density at radius 3 is 2.61 bits per heavy atom. The standard InChI is InChI=1S/C22H27F2N5O5.2ClH/c1-11(25)18-17(21(31)29-7-6-27-14(9-29)19(26)30)28-20(34-18)13-4-5-15(33-22(23)24)16(8-13)32-10-12-2-3-12;;/h4-5,8,11-12,14,22,27H,2-3,6-7,9-10,25H2,1H3,(H2,26,30);2*1H/t11-,14?;;/m0../s1. The van der Waals surface area contributed by atoms with Gasteiger partial charge in [0.1, 0.15) is 6.04 Å². The van der Waals surface area contributed by atoms with E-state index in [9.17, 15) is 18.4 Å². The van der Waals surface area contributed by atoms with Gasteiger partial charge in [-0.25, -0.2) is 4.98 Å². The number of hydrogen-bond acceptors (Lipinski definition) is 8. The third kappa shape index (κ3) is 6.96. The number of oxazole rings is 1. The molecule has 200 valence electrons. The highest BCUT2D eigenvalue weighted by molar-refractivity contribution is 5.94. The molecule has 1 aromatic carbocycles. The zero-order valence-corrected chi connectivity index (χ0v) is 21.1. The average Bonchev–Trinajstić information content (AvgIpc) is 3.52. The molecule has 2 atom stereocenters. The highest BCUT2D eigenvalue weighted by Gasteiger charge is 2.32. The fourth-order valence-corrected chi connectivity index (χ4v) is 3.63. The summed E-state index contributed by atoms with van der Waals surface area (Å²) in [5, 5.41) is 2.96. The lowest BCUT2D eigenvalue weighted by Gasteiger charge is -2.31. The number of rotatable bonds is 9. The number of primary amides is 1. The Kier molecular flexibility index (Phi) is 10.3. The van der Waals surface area contributed by atoms with E-state index in [1.54, 1.807) is 6.92 Å². The molecule has 2 aromatic rings. The van der Waals surface area contributed by atoms with Crippen molar-refractivity contribution in [3.05, 3.63) is 29.7 Å². The van der Waals surface area contributed by atoms with Gasteiger partial charge < -0.3 is 35.6 Å². The molecule has 1 unspecified atom stereocenters. The van der Waals surface area contributed by atoms with E-state index >= 15 is 0 Å². The number of hydrogen-bond donors (Lipinski definition) is 3. The second kappa shape index (κ2) is 12.5. The summed E-state index contributed by atoms with van der Waals surface area (Å²) in [5.41, 5.74) is 11.8. The van der Waals surface area contributed by atoms with Crippen molar-refractivity contribution in [1.82, 2.24) is 15.2 Å². The Labute approximate surface area is 218 Å². The number of nitrogens with zero attached hydrogens (tertiary/aromatic N) is 2. The van der Waals surface area contributed by atoms with Gasteiger partial charge in [0, 0.05) is 25.2 Å². The number of nitrogens with two attached hydrogens (primary N) is 2. The SMILES string of the molecule is C[C@H](N)c1oc(-c2ccc(OC(F)F)c(OCC3CC3)c2)nc1C(=O)N1CCNC(C(N)=O)C1.Cl.Cl. The summed E-state index contributed by atoms with van der Waals surface area (Å²) in [7, 11) is 0.